The zero-order chi connectivity index (χ0) is 13.7. The van der Waals surface area contributed by atoms with Gasteiger partial charge in [-0.3, -0.25) is 0 Å². The van der Waals surface area contributed by atoms with Gasteiger partial charge in [0.1, 0.15) is 0 Å². The van der Waals surface area contributed by atoms with Gasteiger partial charge < -0.3 is 13.9 Å². The Morgan fingerprint density at radius 3 is 2.53 bits per heavy atom. The molecule has 0 N–H and O–H groups in total. The quantitative estimate of drug-likeness (QED) is 0.754. The van der Waals surface area contributed by atoms with Gasteiger partial charge >= 0.3 is 0 Å². The van der Waals surface area contributed by atoms with Crippen LogP contribution < -0.4 is 9.47 Å². The molecule has 0 aliphatic carbocycles. The molecule has 1 aromatic carbocycles. The predicted molar refractivity (Wildman–Crippen MR) is 73.8 cm³/mol. The summed E-state index contributed by atoms with van der Waals surface area (Å²) in [5, 5.41) is 0. The first-order valence-corrected chi connectivity index (χ1v) is 6.72. The van der Waals surface area contributed by atoms with E-state index in [1.165, 1.54) is 0 Å². The lowest BCUT2D eigenvalue weighted by atomic mass is 10.1. The van der Waals surface area contributed by atoms with E-state index in [0.29, 0.717) is 30.6 Å². The number of halogens is 1. The molecule has 0 saturated carbocycles. The first-order chi connectivity index (χ1) is 9.28. The second kappa shape index (κ2) is 6.48. The largest absolute Gasteiger partial charge is 0.490 e. The minimum absolute atomic E-state index is 0.259. The van der Waals surface area contributed by atoms with Crippen molar-refractivity contribution >= 4 is 11.6 Å². The van der Waals surface area contributed by atoms with Gasteiger partial charge in [-0.15, -0.1) is 11.6 Å². The Morgan fingerprint density at radius 1 is 1.16 bits per heavy atom. The van der Waals surface area contributed by atoms with Crippen molar-refractivity contribution < 1.29 is 13.9 Å². The molecule has 0 spiro atoms. The molecule has 2 rings (SSSR count). The number of aromatic nitrogens is 1. The SMILES string of the molecule is CCOc1ccc(-c2cnc(CCl)o2)cc1OCC. The molecule has 0 atom stereocenters. The summed E-state index contributed by atoms with van der Waals surface area (Å²) in [5.74, 6) is 2.86. The molecule has 0 aliphatic rings. The van der Waals surface area contributed by atoms with Gasteiger partial charge in [0, 0.05) is 5.56 Å². The van der Waals surface area contributed by atoms with Gasteiger partial charge in [0.05, 0.1) is 25.3 Å². The maximum Gasteiger partial charge on any atom is 0.209 e. The summed E-state index contributed by atoms with van der Waals surface area (Å²) in [6.07, 6.45) is 1.66. The minimum Gasteiger partial charge on any atom is -0.490 e. The smallest absolute Gasteiger partial charge is 0.209 e. The molecule has 0 amide bonds. The molecule has 2 aromatic rings. The second-order valence-electron chi connectivity index (χ2n) is 3.78. The van der Waals surface area contributed by atoms with Crippen LogP contribution in [0.4, 0.5) is 0 Å². The van der Waals surface area contributed by atoms with Gasteiger partial charge in [-0.25, -0.2) is 4.98 Å². The molecule has 1 aromatic heterocycles. The molecule has 102 valence electrons. The first kappa shape index (κ1) is 13.7. The van der Waals surface area contributed by atoms with E-state index < -0.39 is 0 Å². The average molecular weight is 282 g/mol. The Bertz CT molecular complexity index is 539. The standard InChI is InChI=1S/C14H16ClNO3/c1-3-17-11-6-5-10(7-12(11)18-4-2)13-9-16-14(8-15)19-13/h5-7,9H,3-4,8H2,1-2H3. The lowest BCUT2D eigenvalue weighted by Crippen LogP contribution is -1.98. The number of alkyl halides is 1. The summed E-state index contributed by atoms with van der Waals surface area (Å²) in [7, 11) is 0. The van der Waals surface area contributed by atoms with Crippen LogP contribution >= 0.6 is 11.6 Å². The summed E-state index contributed by atoms with van der Waals surface area (Å²) < 4.78 is 16.6. The Labute approximate surface area is 117 Å². The monoisotopic (exact) mass is 281 g/mol. The van der Waals surface area contributed by atoms with Gasteiger partial charge in [0.2, 0.25) is 5.89 Å². The molecular formula is C14H16ClNO3. The van der Waals surface area contributed by atoms with E-state index in [1.807, 2.05) is 32.0 Å². The van der Waals surface area contributed by atoms with E-state index >= 15 is 0 Å². The van der Waals surface area contributed by atoms with Crippen LogP contribution in [0.3, 0.4) is 0 Å². The molecule has 0 radical (unpaired) electrons. The molecule has 0 bridgehead atoms. The highest BCUT2D eigenvalue weighted by atomic mass is 35.5. The molecule has 0 saturated heterocycles. The second-order valence-corrected chi connectivity index (χ2v) is 4.05. The molecule has 4 nitrogen and oxygen atoms in total. The Balaban J connectivity index is 2.33. The summed E-state index contributed by atoms with van der Waals surface area (Å²) in [4.78, 5) is 4.07. The first-order valence-electron chi connectivity index (χ1n) is 6.19. The van der Waals surface area contributed by atoms with Crippen molar-refractivity contribution in [1.29, 1.82) is 0 Å². The van der Waals surface area contributed by atoms with E-state index in [-0.39, 0.29) is 5.88 Å². The van der Waals surface area contributed by atoms with Gasteiger partial charge in [-0.2, -0.15) is 0 Å². The van der Waals surface area contributed by atoms with Gasteiger partial charge in [-0.1, -0.05) is 0 Å². The summed E-state index contributed by atoms with van der Waals surface area (Å²) in [6, 6.07) is 5.66. The molecular weight excluding hydrogens is 266 g/mol. The number of nitrogens with zero attached hydrogens (tertiary/aromatic N) is 1. The van der Waals surface area contributed by atoms with Crippen LogP contribution in [0.1, 0.15) is 19.7 Å². The highest BCUT2D eigenvalue weighted by Gasteiger charge is 2.10. The zero-order valence-electron chi connectivity index (χ0n) is 11.0. The van der Waals surface area contributed by atoms with E-state index in [2.05, 4.69) is 4.98 Å². The molecule has 0 unspecified atom stereocenters. The third kappa shape index (κ3) is 3.20. The van der Waals surface area contributed by atoms with Crippen molar-refractivity contribution in [3.8, 4) is 22.8 Å². The maximum atomic E-state index is 5.67. The van der Waals surface area contributed by atoms with E-state index in [0.717, 1.165) is 11.3 Å². The van der Waals surface area contributed by atoms with Gasteiger partial charge in [-0.05, 0) is 32.0 Å². The zero-order valence-corrected chi connectivity index (χ0v) is 11.7. The number of ether oxygens (including phenoxy) is 2. The lowest BCUT2D eigenvalue weighted by molar-refractivity contribution is 0.288. The number of hydrogen-bond acceptors (Lipinski definition) is 4. The predicted octanol–water partition coefficient (Wildman–Crippen LogP) is 3.88. The fourth-order valence-corrected chi connectivity index (χ4v) is 1.83. The number of hydrogen-bond donors (Lipinski definition) is 0. The summed E-state index contributed by atoms with van der Waals surface area (Å²) in [5.41, 5.74) is 0.885. The van der Waals surface area contributed by atoms with Crippen LogP contribution in [-0.2, 0) is 5.88 Å². The highest BCUT2D eigenvalue weighted by Crippen LogP contribution is 2.33. The number of rotatable bonds is 6. The van der Waals surface area contributed by atoms with Crippen molar-refractivity contribution in [3.63, 3.8) is 0 Å². The molecule has 0 fully saturated rings. The normalized spacial score (nSPS) is 10.5. The Kier molecular flexibility index (Phi) is 4.68. The van der Waals surface area contributed by atoms with Crippen LogP contribution in [0.15, 0.2) is 28.8 Å². The van der Waals surface area contributed by atoms with Crippen LogP contribution in [-0.4, -0.2) is 18.2 Å². The molecule has 5 heteroatoms. The van der Waals surface area contributed by atoms with Crippen LogP contribution in [0.2, 0.25) is 0 Å². The van der Waals surface area contributed by atoms with Crippen LogP contribution in [0, 0.1) is 0 Å². The van der Waals surface area contributed by atoms with E-state index in [9.17, 15) is 0 Å². The topological polar surface area (TPSA) is 44.5 Å². The lowest BCUT2D eigenvalue weighted by Gasteiger charge is -2.11. The molecule has 1 heterocycles. The minimum atomic E-state index is 0.259. The van der Waals surface area contributed by atoms with Gasteiger partial charge in [0.15, 0.2) is 17.3 Å². The third-order valence-electron chi connectivity index (χ3n) is 2.50. The summed E-state index contributed by atoms with van der Waals surface area (Å²) >= 11 is 5.67. The van der Waals surface area contributed by atoms with Crippen LogP contribution in [0.5, 0.6) is 11.5 Å². The average Bonchev–Trinajstić information content (AvgIpc) is 2.90. The number of oxazole rings is 1. The number of benzene rings is 1. The van der Waals surface area contributed by atoms with Crippen molar-refractivity contribution in [2.45, 2.75) is 19.7 Å². The van der Waals surface area contributed by atoms with E-state index in [4.69, 9.17) is 25.5 Å². The summed E-state index contributed by atoms with van der Waals surface area (Å²) in [6.45, 7) is 5.04. The fourth-order valence-electron chi connectivity index (χ4n) is 1.71. The Morgan fingerprint density at radius 2 is 1.89 bits per heavy atom. The van der Waals surface area contributed by atoms with E-state index in [1.54, 1.807) is 6.20 Å². The Hall–Kier alpha value is -1.68. The molecule has 19 heavy (non-hydrogen) atoms. The van der Waals surface area contributed by atoms with Crippen LogP contribution in [0.25, 0.3) is 11.3 Å². The molecule has 0 aliphatic heterocycles. The van der Waals surface area contributed by atoms with Crippen molar-refractivity contribution in [2.24, 2.45) is 0 Å². The highest BCUT2D eigenvalue weighted by molar-refractivity contribution is 6.16. The van der Waals surface area contributed by atoms with Crippen molar-refractivity contribution in [3.05, 3.63) is 30.3 Å². The van der Waals surface area contributed by atoms with Crippen molar-refractivity contribution in [2.75, 3.05) is 13.2 Å². The third-order valence-corrected chi connectivity index (χ3v) is 2.72. The maximum absolute atomic E-state index is 5.67. The van der Waals surface area contributed by atoms with Gasteiger partial charge in [0.25, 0.3) is 0 Å². The van der Waals surface area contributed by atoms with Crippen molar-refractivity contribution in [1.82, 2.24) is 4.98 Å². The fraction of sp³-hybridized carbons (Fsp3) is 0.357.